The summed E-state index contributed by atoms with van der Waals surface area (Å²) < 4.78 is 0. The van der Waals surface area contributed by atoms with Crippen molar-refractivity contribution in [3.05, 3.63) is 12.2 Å². The van der Waals surface area contributed by atoms with Crippen LogP contribution in [0.4, 0.5) is 0 Å². The zero-order chi connectivity index (χ0) is 22.3. The normalized spacial score (nSPS) is 28.9. The van der Waals surface area contributed by atoms with Crippen LogP contribution in [0.15, 0.2) is 12.2 Å². The molecule has 1 aliphatic heterocycles. The molecular weight excluding hydrogens is 382 g/mol. The molecule has 7 nitrogen and oxygen atoms in total. The van der Waals surface area contributed by atoms with Crippen molar-refractivity contribution in [1.29, 1.82) is 0 Å². The van der Waals surface area contributed by atoms with E-state index in [0.717, 1.165) is 32.1 Å². The number of carbonyl (C=O) groups is 3. The minimum absolute atomic E-state index is 0.00721. The van der Waals surface area contributed by atoms with Crippen LogP contribution in [-0.4, -0.2) is 60.0 Å². The molecule has 2 aliphatic rings. The first kappa shape index (κ1) is 24.4. The number of aliphatic hydroxyl groups is 1. The maximum atomic E-state index is 13.5. The predicted octanol–water partition coefficient (Wildman–Crippen LogP) is 1.86. The molecule has 170 valence electrons. The van der Waals surface area contributed by atoms with Crippen LogP contribution in [0.25, 0.3) is 0 Å². The van der Waals surface area contributed by atoms with Crippen LogP contribution in [0, 0.1) is 23.7 Å². The van der Waals surface area contributed by atoms with Gasteiger partial charge in [-0.2, -0.15) is 0 Å². The number of allylic oxidation sites excluding steroid dienone is 1. The van der Waals surface area contributed by atoms with E-state index in [-0.39, 0.29) is 42.2 Å². The van der Waals surface area contributed by atoms with Crippen LogP contribution in [0.3, 0.4) is 0 Å². The molecule has 0 aromatic rings. The Labute approximate surface area is 180 Å². The van der Waals surface area contributed by atoms with Crippen molar-refractivity contribution in [1.82, 2.24) is 15.5 Å². The third kappa shape index (κ3) is 5.23. The number of nitrogens with zero attached hydrogens (tertiary/aromatic N) is 1. The first-order valence-corrected chi connectivity index (χ1v) is 11.5. The summed E-state index contributed by atoms with van der Waals surface area (Å²) in [5.74, 6) is -1.61. The Kier molecular flexibility index (Phi) is 9.34. The lowest BCUT2D eigenvalue weighted by atomic mass is 9.69. The van der Waals surface area contributed by atoms with Gasteiger partial charge in [-0.25, -0.2) is 0 Å². The highest BCUT2D eigenvalue weighted by molar-refractivity contribution is 5.96. The van der Waals surface area contributed by atoms with Crippen molar-refractivity contribution < 1.29 is 19.5 Å². The van der Waals surface area contributed by atoms with Crippen LogP contribution < -0.4 is 10.6 Å². The van der Waals surface area contributed by atoms with Crippen molar-refractivity contribution in [2.24, 2.45) is 23.7 Å². The molecule has 1 aliphatic carbocycles. The van der Waals surface area contributed by atoms with E-state index >= 15 is 0 Å². The van der Waals surface area contributed by atoms with Crippen molar-refractivity contribution >= 4 is 17.7 Å². The summed E-state index contributed by atoms with van der Waals surface area (Å²) in [6, 6.07) is -0.546. The number of unbranched alkanes of at least 4 members (excludes halogenated alkanes) is 2. The van der Waals surface area contributed by atoms with Crippen LogP contribution >= 0.6 is 0 Å². The summed E-state index contributed by atoms with van der Waals surface area (Å²) in [5.41, 5.74) is 0. The fraction of sp³-hybridized carbons (Fsp3) is 0.783. The maximum Gasteiger partial charge on any atom is 0.243 e. The molecule has 1 heterocycles. The fourth-order valence-electron chi connectivity index (χ4n) is 5.06. The first-order chi connectivity index (χ1) is 14.4. The Balaban J connectivity index is 2.33. The second-order valence-electron chi connectivity index (χ2n) is 8.66. The van der Waals surface area contributed by atoms with Crippen LogP contribution in [0.1, 0.15) is 59.3 Å². The number of hydrogen-bond donors (Lipinski definition) is 3. The molecule has 30 heavy (non-hydrogen) atoms. The molecule has 1 fully saturated rings. The van der Waals surface area contributed by atoms with Gasteiger partial charge in [0, 0.05) is 32.2 Å². The third-order valence-corrected chi connectivity index (χ3v) is 6.57. The van der Waals surface area contributed by atoms with Gasteiger partial charge in [0.25, 0.3) is 0 Å². The van der Waals surface area contributed by atoms with Crippen LogP contribution in [-0.2, 0) is 14.4 Å². The summed E-state index contributed by atoms with van der Waals surface area (Å²) in [6.45, 7) is 6.68. The zero-order valence-corrected chi connectivity index (χ0v) is 18.9. The van der Waals surface area contributed by atoms with Crippen molar-refractivity contribution in [3.63, 3.8) is 0 Å². The predicted molar refractivity (Wildman–Crippen MR) is 116 cm³/mol. The number of nitrogens with one attached hydrogen (secondary N) is 2. The zero-order valence-electron chi connectivity index (χ0n) is 18.9. The average Bonchev–Trinajstić information content (AvgIpc) is 3.01. The molecule has 1 saturated heterocycles. The van der Waals surface area contributed by atoms with Gasteiger partial charge in [0.2, 0.25) is 17.7 Å². The highest BCUT2D eigenvalue weighted by Gasteiger charge is 2.56. The Morgan fingerprint density at radius 3 is 2.50 bits per heavy atom. The average molecular weight is 422 g/mol. The van der Waals surface area contributed by atoms with Gasteiger partial charge in [-0.1, -0.05) is 32.4 Å². The summed E-state index contributed by atoms with van der Waals surface area (Å²) in [5, 5.41) is 14.9. The lowest BCUT2D eigenvalue weighted by molar-refractivity contribution is -0.141. The number of aliphatic hydroxyl groups excluding tert-OH is 1. The van der Waals surface area contributed by atoms with Crippen molar-refractivity contribution in [2.75, 3.05) is 20.2 Å². The van der Waals surface area contributed by atoms with E-state index in [9.17, 15) is 14.4 Å². The highest BCUT2D eigenvalue weighted by Crippen LogP contribution is 2.45. The Morgan fingerprint density at radius 2 is 1.90 bits per heavy atom. The molecular formula is C23H39N3O4. The lowest BCUT2D eigenvalue weighted by Gasteiger charge is -2.34. The largest absolute Gasteiger partial charge is 0.396 e. The molecule has 0 saturated carbocycles. The van der Waals surface area contributed by atoms with Gasteiger partial charge in [-0.3, -0.25) is 14.4 Å². The lowest BCUT2D eigenvalue weighted by Crippen LogP contribution is -2.49. The molecule has 0 spiro atoms. The fourth-order valence-corrected chi connectivity index (χ4v) is 5.06. The molecule has 0 bridgehead atoms. The SMILES string of the molecule is CCCC(C)NC(=O)[C@@H]1[C@H]2C=C[C@@H](CC)[C@@H](C(=O)NC)[C@@H]2C(=O)N1CCCCCO. The van der Waals surface area contributed by atoms with Crippen LogP contribution in [0.2, 0.25) is 0 Å². The van der Waals surface area contributed by atoms with Crippen molar-refractivity contribution in [3.8, 4) is 0 Å². The summed E-state index contributed by atoms with van der Waals surface area (Å²) in [7, 11) is 1.60. The molecule has 0 radical (unpaired) electrons. The molecule has 7 heteroatoms. The number of rotatable bonds is 11. The number of hydrogen-bond acceptors (Lipinski definition) is 4. The van der Waals surface area contributed by atoms with E-state index in [4.69, 9.17) is 5.11 Å². The van der Waals surface area contributed by atoms with Gasteiger partial charge >= 0.3 is 0 Å². The molecule has 3 amide bonds. The van der Waals surface area contributed by atoms with Gasteiger partial charge in [0.1, 0.15) is 6.04 Å². The van der Waals surface area contributed by atoms with Gasteiger partial charge in [-0.15, -0.1) is 0 Å². The standard InChI is InChI=1S/C23H39N3O4/c1-5-10-15(3)25-22(29)20-17-12-11-16(6-2)18(21(28)24-4)19(17)23(30)26(20)13-8-7-9-14-27/h11-12,15-20,27H,5-10,13-14H2,1-4H3,(H,24,28)(H,25,29)/t15?,16-,17+,18-,19-,20+/m1/s1. The summed E-state index contributed by atoms with van der Waals surface area (Å²) in [4.78, 5) is 41.2. The van der Waals surface area contributed by atoms with Gasteiger partial charge < -0.3 is 20.6 Å². The van der Waals surface area contributed by atoms with Crippen molar-refractivity contribution in [2.45, 2.75) is 71.4 Å². The van der Waals surface area contributed by atoms with E-state index in [1.807, 2.05) is 26.0 Å². The van der Waals surface area contributed by atoms with Crippen LogP contribution in [0.5, 0.6) is 0 Å². The minimum Gasteiger partial charge on any atom is -0.396 e. The minimum atomic E-state index is -0.586. The molecule has 1 unspecified atom stereocenters. The van der Waals surface area contributed by atoms with Gasteiger partial charge in [-0.05, 0) is 44.9 Å². The summed E-state index contributed by atoms with van der Waals surface area (Å²) >= 11 is 0. The Morgan fingerprint density at radius 1 is 1.17 bits per heavy atom. The topological polar surface area (TPSA) is 98.7 Å². The Bertz CT molecular complexity index is 636. The second kappa shape index (κ2) is 11.5. The molecule has 0 aromatic carbocycles. The maximum absolute atomic E-state index is 13.5. The monoisotopic (exact) mass is 421 g/mol. The quantitative estimate of drug-likeness (QED) is 0.350. The second-order valence-corrected chi connectivity index (χ2v) is 8.66. The van der Waals surface area contributed by atoms with E-state index in [2.05, 4.69) is 17.6 Å². The van der Waals surface area contributed by atoms with E-state index in [1.165, 1.54) is 0 Å². The molecule has 6 atom stereocenters. The smallest absolute Gasteiger partial charge is 0.243 e. The third-order valence-electron chi connectivity index (χ3n) is 6.57. The van der Waals surface area contributed by atoms with Gasteiger partial charge in [0.15, 0.2) is 0 Å². The molecule has 2 rings (SSSR count). The first-order valence-electron chi connectivity index (χ1n) is 11.5. The number of fused-ring (bicyclic) bond motifs is 1. The van der Waals surface area contributed by atoms with E-state index in [0.29, 0.717) is 13.0 Å². The van der Waals surface area contributed by atoms with E-state index in [1.54, 1.807) is 11.9 Å². The number of amides is 3. The number of carbonyl (C=O) groups excluding carboxylic acids is 3. The van der Waals surface area contributed by atoms with Gasteiger partial charge in [0.05, 0.1) is 11.8 Å². The van der Waals surface area contributed by atoms with E-state index < -0.39 is 17.9 Å². The molecule has 0 aromatic heterocycles. The Hall–Kier alpha value is -1.89. The highest BCUT2D eigenvalue weighted by atomic mass is 16.3. The summed E-state index contributed by atoms with van der Waals surface area (Å²) in [6.07, 6.45) is 8.85. The molecule has 3 N–H and O–H groups in total. The number of likely N-dealkylation sites (tertiary alicyclic amines) is 1.